The molecule has 2 N–H and O–H groups in total. The zero-order valence-corrected chi connectivity index (χ0v) is 14.1. The minimum absolute atomic E-state index is 0.200. The Morgan fingerprint density at radius 2 is 1.54 bits per heavy atom. The van der Waals surface area contributed by atoms with Gasteiger partial charge in [-0.2, -0.15) is 0 Å². The van der Waals surface area contributed by atoms with Gasteiger partial charge in [0.1, 0.15) is 5.69 Å². The molecule has 1 aromatic carbocycles. The van der Waals surface area contributed by atoms with Crippen LogP contribution in [-0.2, 0) is 13.1 Å². The number of rotatable bonds is 6. The number of nitrogens with zero attached hydrogens (tertiary/aromatic N) is 2. The molecule has 0 aliphatic rings. The van der Waals surface area contributed by atoms with Gasteiger partial charge in [0.15, 0.2) is 0 Å². The van der Waals surface area contributed by atoms with Crippen LogP contribution in [0.1, 0.15) is 32.1 Å². The molecule has 0 bridgehead atoms. The van der Waals surface area contributed by atoms with Crippen LogP contribution in [0.4, 0.5) is 0 Å². The molecule has 0 fully saturated rings. The Bertz CT molecular complexity index is 812. The van der Waals surface area contributed by atoms with E-state index in [1.807, 2.05) is 48.5 Å². The van der Waals surface area contributed by atoms with Crippen molar-refractivity contribution in [3.8, 4) is 0 Å². The Kier molecular flexibility index (Phi) is 5.67. The van der Waals surface area contributed by atoms with Gasteiger partial charge < -0.3 is 10.6 Å². The highest BCUT2D eigenvalue weighted by Gasteiger charge is 2.11. The average Bonchev–Trinajstić information content (AvgIpc) is 2.72. The van der Waals surface area contributed by atoms with Crippen molar-refractivity contribution in [2.75, 3.05) is 0 Å². The molecule has 2 amide bonds. The number of nitrogens with one attached hydrogen (secondary N) is 2. The summed E-state index contributed by atoms with van der Waals surface area (Å²) in [6, 6.07) is 18.1. The number of amides is 2. The third-order valence-electron chi connectivity index (χ3n) is 3.71. The predicted molar refractivity (Wildman–Crippen MR) is 97.3 cm³/mol. The summed E-state index contributed by atoms with van der Waals surface area (Å²) in [6.45, 7) is 0.717. The van der Waals surface area contributed by atoms with E-state index in [9.17, 15) is 9.59 Å². The van der Waals surface area contributed by atoms with Crippen LogP contribution in [0.15, 0.2) is 73.1 Å². The van der Waals surface area contributed by atoms with Crippen LogP contribution >= 0.6 is 0 Å². The van der Waals surface area contributed by atoms with Gasteiger partial charge in [0, 0.05) is 24.5 Å². The summed E-state index contributed by atoms with van der Waals surface area (Å²) in [5.74, 6) is -0.608. The maximum absolute atomic E-state index is 12.3. The van der Waals surface area contributed by atoms with Crippen molar-refractivity contribution in [3.63, 3.8) is 0 Å². The lowest BCUT2D eigenvalue weighted by Gasteiger charge is -2.07. The average molecular weight is 346 g/mol. The van der Waals surface area contributed by atoms with Crippen LogP contribution in [0, 0.1) is 0 Å². The highest BCUT2D eigenvalue weighted by Crippen LogP contribution is 2.04. The standard InChI is InChI=1S/C20H18N4O2/c25-19(24-14-17-8-4-5-10-21-17)16-9-11-22-18(12-16)20(26)23-13-15-6-2-1-3-7-15/h1-12H,13-14H2,(H,23,26)(H,24,25). The van der Waals surface area contributed by atoms with E-state index in [0.29, 0.717) is 18.7 Å². The Balaban J connectivity index is 1.60. The molecular formula is C20H18N4O2. The second kappa shape index (κ2) is 8.53. The highest BCUT2D eigenvalue weighted by atomic mass is 16.2. The lowest BCUT2D eigenvalue weighted by Crippen LogP contribution is -2.26. The summed E-state index contributed by atoms with van der Waals surface area (Å²) in [5.41, 5.74) is 2.33. The second-order valence-corrected chi connectivity index (χ2v) is 5.60. The van der Waals surface area contributed by atoms with Gasteiger partial charge in [-0.1, -0.05) is 36.4 Å². The van der Waals surface area contributed by atoms with Crippen molar-refractivity contribution in [1.82, 2.24) is 20.6 Å². The molecule has 6 heteroatoms. The lowest BCUT2D eigenvalue weighted by atomic mass is 10.2. The molecule has 0 atom stereocenters. The first-order valence-corrected chi connectivity index (χ1v) is 8.18. The van der Waals surface area contributed by atoms with Crippen molar-refractivity contribution < 1.29 is 9.59 Å². The molecule has 26 heavy (non-hydrogen) atoms. The van der Waals surface area contributed by atoms with Gasteiger partial charge in [0.25, 0.3) is 11.8 Å². The maximum Gasteiger partial charge on any atom is 0.270 e. The molecule has 0 unspecified atom stereocenters. The van der Waals surface area contributed by atoms with Crippen molar-refractivity contribution in [1.29, 1.82) is 0 Å². The Morgan fingerprint density at radius 1 is 0.769 bits per heavy atom. The molecule has 0 radical (unpaired) electrons. The fourth-order valence-corrected chi connectivity index (χ4v) is 2.34. The summed E-state index contributed by atoms with van der Waals surface area (Å²) in [7, 11) is 0. The fourth-order valence-electron chi connectivity index (χ4n) is 2.34. The van der Waals surface area contributed by atoms with Gasteiger partial charge in [-0.3, -0.25) is 19.6 Å². The predicted octanol–water partition coefficient (Wildman–Crippen LogP) is 2.34. The minimum Gasteiger partial charge on any atom is -0.347 e. The van der Waals surface area contributed by atoms with Gasteiger partial charge in [0.05, 0.1) is 12.2 Å². The first kappa shape index (κ1) is 17.3. The molecule has 2 heterocycles. The van der Waals surface area contributed by atoms with Crippen LogP contribution in [0.2, 0.25) is 0 Å². The van der Waals surface area contributed by atoms with E-state index in [2.05, 4.69) is 20.6 Å². The number of hydrogen-bond acceptors (Lipinski definition) is 4. The quantitative estimate of drug-likeness (QED) is 0.717. The van der Waals surface area contributed by atoms with Crippen LogP contribution in [0.3, 0.4) is 0 Å². The first-order valence-electron chi connectivity index (χ1n) is 8.18. The smallest absolute Gasteiger partial charge is 0.270 e. The minimum atomic E-state index is -0.326. The molecule has 6 nitrogen and oxygen atoms in total. The number of pyridine rings is 2. The third-order valence-corrected chi connectivity index (χ3v) is 3.71. The molecule has 3 rings (SSSR count). The molecule has 2 aromatic heterocycles. The number of hydrogen-bond donors (Lipinski definition) is 2. The SMILES string of the molecule is O=C(NCc1ccccn1)c1ccnc(C(=O)NCc2ccccc2)c1. The molecule has 3 aromatic rings. The largest absolute Gasteiger partial charge is 0.347 e. The summed E-state index contributed by atoms with van der Waals surface area (Å²) < 4.78 is 0. The lowest BCUT2D eigenvalue weighted by molar-refractivity contribution is 0.0946. The van der Waals surface area contributed by atoms with E-state index < -0.39 is 0 Å². The highest BCUT2D eigenvalue weighted by molar-refractivity contribution is 5.98. The zero-order valence-electron chi connectivity index (χ0n) is 14.1. The summed E-state index contributed by atoms with van der Waals surface area (Å²) in [5, 5.41) is 5.57. The molecular weight excluding hydrogens is 328 g/mol. The van der Waals surface area contributed by atoms with Gasteiger partial charge >= 0.3 is 0 Å². The summed E-state index contributed by atoms with van der Waals surface area (Å²) in [4.78, 5) is 32.7. The topological polar surface area (TPSA) is 84.0 Å². The van der Waals surface area contributed by atoms with E-state index in [1.54, 1.807) is 12.3 Å². The molecule has 0 aliphatic carbocycles. The maximum atomic E-state index is 12.3. The van der Waals surface area contributed by atoms with E-state index in [0.717, 1.165) is 11.3 Å². The second-order valence-electron chi connectivity index (χ2n) is 5.60. The monoisotopic (exact) mass is 346 g/mol. The van der Waals surface area contributed by atoms with Crippen molar-refractivity contribution in [3.05, 3.63) is 95.6 Å². The third kappa shape index (κ3) is 4.73. The Labute approximate surface area is 151 Å². The zero-order chi connectivity index (χ0) is 18.2. The number of benzene rings is 1. The van der Waals surface area contributed by atoms with Gasteiger partial charge in [0.2, 0.25) is 0 Å². The normalized spacial score (nSPS) is 10.2. The van der Waals surface area contributed by atoms with Crippen LogP contribution in [-0.4, -0.2) is 21.8 Å². The van der Waals surface area contributed by atoms with E-state index in [-0.39, 0.29) is 17.5 Å². The molecule has 0 saturated carbocycles. The first-order chi connectivity index (χ1) is 12.7. The summed E-state index contributed by atoms with van der Waals surface area (Å²) in [6.07, 6.45) is 3.12. The van der Waals surface area contributed by atoms with Crippen LogP contribution in [0.5, 0.6) is 0 Å². The van der Waals surface area contributed by atoms with E-state index in [4.69, 9.17) is 0 Å². The van der Waals surface area contributed by atoms with Gasteiger partial charge in [-0.15, -0.1) is 0 Å². The number of carbonyl (C=O) groups excluding carboxylic acids is 2. The van der Waals surface area contributed by atoms with E-state index >= 15 is 0 Å². The van der Waals surface area contributed by atoms with Gasteiger partial charge in [-0.25, -0.2) is 0 Å². The van der Waals surface area contributed by atoms with Crippen LogP contribution in [0.25, 0.3) is 0 Å². The van der Waals surface area contributed by atoms with E-state index in [1.165, 1.54) is 12.3 Å². The molecule has 0 spiro atoms. The number of aromatic nitrogens is 2. The molecule has 0 aliphatic heterocycles. The fraction of sp³-hybridized carbons (Fsp3) is 0.100. The number of carbonyl (C=O) groups is 2. The Morgan fingerprint density at radius 3 is 2.31 bits per heavy atom. The molecule has 130 valence electrons. The van der Waals surface area contributed by atoms with Crippen LogP contribution < -0.4 is 10.6 Å². The van der Waals surface area contributed by atoms with Crippen molar-refractivity contribution in [2.45, 2.75) is 13.1 Å². The molecule has 0 saturated heterocycles. The van der Waals surface area contributed by atoms with Gasteiger partial charge in [-0.05, 0) is 29.8 Å². The summed E-state index contributed by atoms with van der Waals surface area (Å²) >= 11 is 0. The van der Waals surface area contributed by atoms with Crippen molar-refractivity contribution >= 4 is 11.8 Å². The van der Waals surface area contributed by atoms with Crippen molar-refractivity contribution in [2.24, 2.45) is 0 Å². The Hall–Kier alpha value is -3.54.